The van der Waals surface area contributed by atoms with Gasteiger partial charge in [-0.15, -0.1) is 0 Å². The Kier molecular flexibility index (Phi) is 6.60. The minimum absolute atomic E-state index is 0.0548. The lowest BCUT2D eigenvalue weighted by atomic mass is 10.1. The van der Waals surface area contributed by atoms with Gasteiger partial charge in [-0.1, -0.05) is 18.2 Å². The third kappa shape index (κ3) is 6.11. The van der Waals surface area contributed by atoms with E-state index in [4.69, 9.17) is 9.47 Å². The topological polar surface area (TPSA) is 60.5 Å². The van der Waals surface area contributed by atoms with Crippen molar-refractivity contribution < 1.29 is 14.3 Å². The van der Waals surface area contributed by atoms with Crippen molar-refractivity contribution in [2.45, 2.75) is 57.1 Å². The van der Waals surface area contributed by atoms with E-state index in [0.717, 1.165) is 41.9 Å². The maximum absolute atomic E-state index is 12.2. The molecule has 1 saturated heterocycles. The van der Waals surface area contributed by atoms with Crippen molar-refractivity contribution in [3.63, 3.8) is 0 Å². The van der Waals surface area contributed by atoms with E-state index in [9.17, 15) is 4.79 Å². The third-order valence-corrected chi connectivity index (χ3v) is 5.46. The normalized spacial score (nSPS) is 18.4. The standard InChI is InChI=1S/C21H28N2O3S/c1-21(2,3)26-20(24)23-18(19-9-6-10-25-19)14-27-13-15-11-16-7-4-5-8-17(16)22-12-15/h4-5,7-8,11-12,18-19H,6,9-10,13-14H2,1-3H3,(H,23,24). The zero-order chi connectivity index (χ0) is 19.3. The van der Waals surface area contributed by atoms with E-state index in [2.05, 4.69) is 22.4 Å². The number of alkyl carbamates (subject to hydrolysis) is 1. The zero-order valence-corrected chi connectivity index (χ0v) is 17.1. The Morgan fingerprint density at radius 3 is 2.96 bits per heavy atom. The Morgan fingerprint density at radius 1 is 1.41 bits per heavy atom. The summed E-state index contributed by atoms with van der Waals surface area (Å²) in [5.41, 5.74) is 1.69. The quantitative estimate of drug-likeness (QED) is 0.787. The van der Waals surface area contributed by atoms with E-state index in [1.807, 2.05) is 45.2 Å². The summed E-state index contributed by atoms with van der Waals surface area (Å²) in [7, 11) is 0. The molecule has 0 saturated carbocycles. The lowest BCUT2D eigenvalue weighted by Crippen LogP contribution is -2.46. The molecule has 5 nitrogen and oxygen atoms in total. The van der Waals surface area contributed by atoms with Crippen LogP contribution in [0, 0.1) is 0 Å². The van der Waals surface area contributed by atoms with Crippen LogP contribution in [0.15, 0.2) is 36.5 Å². The lowest BCUT2D eigenvalue weighted by molar-refractivity contribution is 0.0393. The number of para-hydroxylation sites is 1. The molecule has 1 aromatic carbocycles. The Hall–Kier alpha value is -1.79. The second-order valence-electron chi connectivity index (χ2n) is 7.86. The highest BCUT2D eigenvalue weighted by Gasteiger charge is 2.29. The van der Waals surface area contributed by atoms with Gasteiger partial charge in [0.1, 0.15) is 5.60 Å². The van der Waals surface area contributed by atoms with E-state index in [1.165, 1.54) is 5.56 Å². The van der Waals surface area contributed by atoms with Crippen molar-refractivity contribution >= 4 is 28.8 Å². The number of amides is 1. The minimum Gasteiger partial charge on any atom is -0.444 e. The Morgan fingerprint density at radius 2 is 2.22 bits per heavy atom. The maximum Gasteiger partial charge on any atom is 0.407 e. The third-order valence-electron chi connectivity index (χ3n) is 4.33. The van der Waals surface area contributed by atoms with Gasteiger partial charge in [-0.3, -0.25) is 4.98 Å². The Bertz CT molecular complexity index is 769. The van der Waals surface area contributed by atoms with Crippen LogP contribution in [-0.2, 0) is 15.2 Å². The number of fused-ring (bicyclic) bond motifs is 1. The Labute approximate surface area is 165 Å². The smallest absolute Gasteiger partial charge is 0.407 e. The van der Waals surface area contributed by atoms with Crippen LogP contribution in [0.3, 0.4) is 0 Å². The fraction of sp³-hybridized carbons (Fsp3) is 0.524. The van der Waals surface area contributed by atoms with Gasteiger partial charge < -0.3 is 14.8 Å². The number of carbonyl (C=O) groups is 1. The van der Waals surface area contributed by atoms with Gasteiger partial charge in [0.05, 0.1) is 17.7 Å². The predicted octanol–water partition coefficient (Wildman–Crippen LogP) is 4.54. The fourth-order valence-corrected chi connectivity index (χ4v) is 4.18. The molecule has 1 fully saturated rings. The molecule has 0 bridgehead atoms. The first-order valence-electron chi connectivity index (χ1n) is 9.43. The fourth-order valence-electron chi connectivity index (χ4n) is 3.12. The van der Waals surface area contributed by atoms with Gasteiger partial charge in [0.2, 0.25) is 0 Å². The first kappa shape index (κ1) is 20.0. The number of aromatic nitrogens is 1. The monoisotopic (exact) mass is 388 g/mol. The van der Waals surface area contributed by atoms with Crippen LogP contribution >= 0.6 is 11.8 Å². The lowest BCUT2D eigenvalue weighted by Gasteiger charge is -2.26. The van der Waals surface area contributed by atoms with Crippen LogP contribution in [0.2, 0.25) is 0 Å². The number of pyridine rings is 1. The molecule has 2 heterocycles. The van der Waals surface area contributed by atoms with Crippen LogP contribution in [0.25, 0.3) is 10.9 Å². The summed E-state index contributed by atoms with van der Waals surface area (Å²) in [6.07, 6.45) is 3.61. The highest BCUT2D eigenvalue weighted by molar-refractivity contribution is 7.98. The molecule has 1 aromatic heterocycles. The second kappa shape index (κ2) is 8.93. The second-order valence-corrected chi connectivity index (χ2v) is 8.89. The molecular weight excluding hydrogens is 360 g/mol. The molecule has 2 aromatic rings. The van der Waals surface area contributed by atoms with Crippen LogP contribution in [0.4, 0.5) is 4.79 Å². The molecule has 2 atom stereocenters. The van der Waals surface area contributed by atoms with E-state index in [1.54, 1.807) is 11.8 Å². The summed E-state index contributed by atoms with van der Waals surface area (Å²) in [6, 6.07) is 10.2. The van der Waals surface area contributed by atoms with Gasteiger partial charge in [-0.2, -0.15) is 11.8 Å². The van der Waals surface area contributed by atoms with E-state index in [-0.39, 0.29) is 18.2 Å². The van der Waals surface area contributed by atoms with Crippen LogP contribution in [0.1, 0.15) is 39.2 Å². The molecule has 1 N–H and O–H groups in total. The number of hydrogen-bond donors (Lipinski definition) is 1. The van der Waals surface area contributed by atoms with Gasteiger partial charge in [-0.25, -0.2) is 4.79 Å². The van der Waals surface area contributed by atoms with Gasteiger partial charge in [0.25, 0.3) is 0 Å². The van der Waals surface area contributed by atoms with E-state index in [0.29, 0.717) is 0 Å². The number of carbonyl (C=O) groups excluding carboxylic acids is 1. The summed E-state index contributed by atoms with van der Waals surface area (Å²) in [5.74, 6) is 1.62. The number of hydrogen-bond acceptors (Lipinski definition) is 5. The number of nitrogens with one attached hydrogen (secondary N) is 1. The zero-order valence-electron chi connectivity index (χ0n) is 16.2. The largest absolute Gasteiger partial charge is 0.444 e. The SMILES string of the molecule is CC(C)(C)OC(=O)NC(CSCc1cnc2ccccc2c1)C1CCCO1. The molecule has 1 amide bonds. The first-order chi connectivity index (χ1) is 12.9. The van der Waals surface area contributed by atoms with Gasteiger partial charge in [0, 0.05) is 29.7 Å². The molecule has 1 aliphatic heterocycles. The van der Waals surface area contributed by atoms with Crippen LogP contribution < -0.4 is 5.32 Å². The molecule has 146 valence electrons. The molecular formula is C21H28N2O3S. The van der Waals surface area contributed by atoms with E-state index < -0.39 is 5.60 Å². The number of benzene rings is 1. The molecule has 3 rings (SSSR count). The van der Waals surface area contributed by atoms with Crippen LogP contribution in [0.5, 0.6) is 0 Å². The number of ether oxygens (including phenoxy) is 2. The van der Waals surface area contributed by atoms with Crippen LogP contribution in [-0.4, -0.2) is 41.2 Å². The van der Waals surface area contributed by atoms with Crippen molar-refractivity contribution in [2.24, 2.45) is 0 Å². The average Bonchev–Trinajstić information content (AvgIpc) is 3.14. The van der Waals surface area contributed by atoms with Gasteiger partial charge in [-0.05, 0) is 51.3 Å². The van der Waals surface area contributed by atoms with E-state index >= 15 is 0 Å². The average molecular weight is 389 g/mol. The summed E-state index contributed by atoms with van der Waals surface area (Å²) in [4.78, 5) is 16.7. The number of thioether (sulfide) groups is 1. The molecule has 0 aliphatic carbocycles. The summed E-state index contributed by atoms with van der Waals surface area (Å²) in [6.45, 7) is 6.37. The predicted molar refractivity (Wildman–Crippen MR) is 110 cm³/mol. The van der Waals surface area contributed by atoms with Crippen molar-refractivity contribution in [2.75, 3.05) is 12.4 Å². The van der Waals surface area contributed by atoms with Crippen molar-refractivity contribution in [1.82, 2.24) is 10.3 Å². The van der Waals surface area contributed by atoms with Crippen molar-refractivity contribution in [3.05, 3.63) is 42.1 Å². The summed E-state index contributed by atoms with van der Waals surface area (Å²) in [5, 5.41) is 4.16. The van der Waals surface area contributed by atoms with Gasteiger partial charge >= 0.3 is 6.09 Å². The molecule has 27 heavy (non-hydrogen) atoms. The molecule has 2 unspecified atom stereocenters. The molecule has 0 radical (unpaired) electrons. The summed E-state index contributed by atoms with van der Waals surface area (Å²) < 4.78 is 11.2. The van der Waals surface area contributed by atoms with Crippen molar-refractivity contribution in [3.8, 4) is 0 Å². The molecule has 1 aliphatic rings. The molecule has 0 spiro atoms. The minimum atomic E-state index is -0.505. The first-order valence-corrected chi connectivity index (χ1v) is 10.6. The maximum atomic E-state index is 12.2. The van der Waals surface area contributed by atoms with Gasteiger partial charge in [0.15, 0.2) is 0 Å². The highest BCUT2D eigenvalue weighted by atomic mass is 32.2. The highest BCUT2D eigenvalue weighted by Crippen LogP contribution is 2.22. The number of rotatable bonds is 6. The molecule has 6 heteroatoms. The van der Waals surface area contributed by atoms with Crippen molar-refractivity contribution in [1.29, 1.82) is 0 Å². The summed E-state index contributed by atoms with van der Waals surface area (Å²) >= 11 is 1.78. The number of nitrogens with zero attached hydrogens (tertiary/aromatic N) is 1. The Balaban J connectivity index is 1.57.